The maximum atomic E-state index is 6.25. The molecular formula is C19H39NO3Si. The third-order valence-corrected chi connectivity index (χ3v) is 7.48. The summed E-state index contributed by atoms with van der Waals surface area (Å²) in [7, 11) is -0.397. The predicted molar refractivity (Wildman–Crippen MR) is 102 cm³/mol. The van der Waals surface area contributed by atoms with Gasteiger partial charge in [-0.1, -0.05) is 13.8 Å². The number of hydrogen-bond acceptors (Lipinski definition) is 4. The fraction of sp³-hybridized carbons (Fsp3) is 1.00. The molecule has 0 N–H and O–H groups in total. The lowest BCUT2D eigenvalue weighted by atomic mass is 10.0. The molecule has 2 atom stereocenters. The molecule has 5 heteroatoms. The van der Waals surface area contributed by atoms with Crippen molar-refractivity contribution in [3.63, 3.8) is 0 Å². The van der Waals surface area contributed by atoms with Gasteiger partial charge in [-0.15, -0.1) is 0 Å². The van der Waals surface area contributed by atoms with E-state index in [2.05, 4.69) is 25.7 Å². The summed E-state index contributed by atoms with van der Waals surface area (Å²) in [6, 6.07) is 1.28. The molecule has 0 amide bonds. The summed E-state index contributed by atoms with van der Waals surface area (Å²) in [6.45, 7) is 12.0. The zero-order chi connectivity index (χ0) is 17.3. The molecule has 0 aromatic heterocycles. The molecule has 0 aromatic rings. The second-order valence-corrected chi connectivity index (χ2v) is 9.15. The number of ether oxygens (including phenoxy) is 2. The standard InChI is InChI=1S/C19H39NO3Si/c1-4-19(3,5-2)23-24-14-8-11-20(15-17-9-6-12-21-17)16-18-10-7-13-22-18/h17-18H,4-16,24H2,1-3H3. The van der Waals surface area contributed by atoms with Crippen LogP contribution in [-0.4, -0.2) is 65.3 Å². The number of nitrogens with zero attached hydrogens (tertiary/aromatic N) is 1. The van der Waals surface area contributed by atoms with Gasteiger partial charge in [-0.2, -0.15) is 0 Å². The normalized spacial score (nSPS) is 25.5. The first kappa shape index (κ1) is 20.4. The minimum Gasteiger partial charge on any atom is -0.419 e. The highest BCUT2D eigenvalue weighted by molar-refractivity contribution is 6.27. The second kappa shape index (κ2) is 10.9. The molecule has 0 saturated carbocycles. The van der Waals surface area contributed by atoms with E-state index in [4.69, 9.17) is 13.9 Å². The van der Waals surface area contributed by atoms with Crippen LogP contribution in [0.3, 0.4) is 0 Å². The van der Waals surface area contributed by atoms with E-state index < -0.39 is 9.76 Å². The summed E-state index contributed by atoms with van der Waals surface area (Å²) < 4.78 is 17.9. The Morgan fingerprint density at radius 2 is 1.62 bits per heavy atom. The zero-order valence-corrected chi connectivity index (χ0v) is 17.6. The molecule has 0 spiro atoms. The van der Waals surface area contributed by atoms with E-state index in [1.54, 1.807) is 0 Å². The fourth-order valence-electron chi connectivity index (χ4n) is 3.62. The summed E-state index contributed by atoms with van der Waals surface area (Å²) >= 11 is 0. The Balaban J connectivity index is 1.67. The van der Waals surface area contributed by atoms with Crippen molar-refractivity contribution in [1.82, 2.24) is 4.90 Å². The van der Waals surface area contributed by atoms with Crippen LogP contribution in [0.15, 0.2) is 0 Å². The molecule has 2 aliphatic heterocycles. The van der Waals surface area contributed by atoms with Crippen molar-refractivity contribution >= 4 is 9.76 Å². The third kappa shape index (κ3) is 7.12. The van der Waals surface area contributed by atoms with Crippen molar-refractivity contribution in [1.29, 1.82) is 0 Å². The van der Waals surface area contributed by atoms with Gasteiger partial charge in [0.1, 0.15) is 0 Å². The Hall–Kier alpha value is 0.0569. The monoisotopic (exact) mass is 357 g/mol. The average Bonchev–Trinajstić information content (AvgIpc) is 3.28. The van der Waals surface area contributed by atoms with Gasteiger partial charge in [0, 0.05) is 26.3 Å². The summed E-state index contributed by atoms with van der Waals surface area (Å²) in [6.07, 6.45) is 9.32. The van der Waals surface area contributed by atoms with Crippen LogP contribution in [0.4, 0.5) is 0 Å². The maximum absolute atomic E-state index is 6.25. The minimum absolute atomic E-state index is 0.126. The topological polar surface area (TPSA) is 30.9 Å². The molecular weight excluding hydrogens is 318 g/mol. The van der Waals surface area contributed by atoms with Crippen LogP contribution in [0.5, 0.6) is 0 Å². The summed E-state index contributed by atoms with van der Waals surface area (Å²) in [5, 5.41) is 0. The first-order valence-electron chi connectivity index (χ1n) is 10.2. The van der Waals surface area contributed by atoms with E-state index in [0.29, 0.717) is 12.2 Å². The van der Waals surface area contributed by atoms with Gasteiger partial charge in [0.15, 0.2) is 9.76 Å². The van der Waals surface area contributed by atoms with Crippen LogP contribution >= 0.6 is 0 Å². The Morgan fingerprint density at radius 1 is 1.04 bits per heavy atom. The van der Waals surface area contributed by atoms with Gasteiger partial charge in [-0.25, -0.2) is 0 Å². The Morgan fingerprint density at radius 3 is 2.08 bits per heavy atom. The zero-order valence-electron chi connectivity index (χ0n) is 16.2. The third-order valence-electron chi connectivity index (χ3n) is 5.79. The second-order valence-electron chi connectivity index (χ2n) is 7.74. The lowest BCUT2D eigenvalue weighted by molar-refractivity contribution is 0.0374. The fourth-order valence-corrected chi connectivity index (χ4v) is 5.09. The quantitative estimate of drug-likeness (QED) is 0.397. The molecule has 0 bridgehead atoms. The van der Waals surface area contributed by atoms with Crippen molar-refractivity contribution in [2.45, 2.75) is 89.6 Å². The van der Waals surface area contributed by atoms with Crippen LogP contribution in [0.1, 0.15) is 65.7 Å². The molecule has 2 rings (SSSR count). The largest absolute Gasteiger partial charge is 0.419 e. The molecule has 0 aliphatic carbocycles. The van der Waals surface area contributed by atoms with Gasteiger partial charge in [0.2, 0.25) is 0 Å². The van der Waals surface area contributed by atoms with Gasteiger partial charge in [-0.3, -0.25) is 4.90 Å². The van der Waals surface area contributed by atoms with Gasteiger partial charge in [-0.05, 0) is 64.5 Å². The van der Waals surface area contributed by atoms with Gasteiger partial charge in [0.05, 0.1) is 17.8 Å². The van der Waals surface area contributed by atoms with Gasteiger partial charge >= 0.3 is 0 Å². The molecule has 24 heavy (non-hydrogen) atoms. The SMILES string of the molecule is CCC(C)(CC)O[SiH2]CCCN(CC1CCCO1)CC1CCCO1. The smallest absolute Gasteiger partial charge is 0.162 e. The lowest BCUT2D eigenvalue weighted by Gasteiger charge is -2.29. The Kier molecular flexibility index (Phi) is 9.26. The predicted octanol–water partition coefficient (Wildman–Crippen LogP) is 3.13. The minimum atomic E-state index is -0.397. The van der Waals surface area contributed by atoms with Crippen molar-refractivity contribution < 1.29 is 13.9 Å². The molecule has 0 radical (unpaired) electrons. The van der Waals surface area contributed by atoms with Crippen molar-refractivity contribution in [3.05, 3.63) is 0 Å². The molecule has 0 aromatic carbocycles. The van der Waals surface area contributed by atoms with E-state index >= 15 is 0 Å². The molecule has 2 unspecified atom stereocenters. The van der Waals surface area contributed by atoms with E-state index in [9.17, 15) is 0 Å². The van der Waals surface area contributed by atoms with Crippen LogP contribution in [0, 0.1) is 0 Å². The molecule has 2 aliphatic rings. The highest BCUT2D eigenvalue weighted by atomic mass is 28.2. The highest BCUT2D eigenvalue weighted by Crippen LogP contribution is 2.20. The van der Waals surface area contributed by atoms with Crippen LogP contribution < -0.4 is 0 Å². The van der Waals surface area contributed by atoms with Crippen LogP contribution in [0.25, 0.3) is 0 Å². The van der Waals surface area contributed by atoms with Crippen LogP contribution in [0.2, 0.25) is 6.04 Å². The van der Waals surface area contributed by atoms with E-state index in [1.807, 2.05) is 0 Å². The number of hydrogen-bond donors (Lipinski definition) is 0. The Bertz CT molecular complexity index is 309. The van der Waals surface area contributed by atoms with Crippen LogP contribution in [-0.2, 0) is 13.9 Å². The molecule has 142 valence electrons. The first-order valence-corrected chi connectivity index (χ1v) is 11.8. The average molecular weight is 358 g/mol. The van der Waals surface area contributed by atoms with E-state index in [-0.39, 0.29) is 5.60 Å². The van der Waals surface area contributed by atoms with Gasteiger partial charge in [0.25, 0.3) is 0 Å². The molecule has 4 nitrogen and oxygen atoms in total. The highest BCUT2D eigenvalue weighted by Gasteiger charge is 2.24. The van der Waals surface area contributed by atoms with E-state index in [1.165, 1.54) is 44.7 Å². The summed E-state index contributed by atoms with van der Waals surface area (Å²) in [4.78, 5) is 2.60. The summed E-state index contributed by atoms with van der Waals surface area (Å²) in [5.74, 6) is 0. The van der Waals surface area contributed by atoms with Crippen molar-refractivity contribution in [2.24, 2.45) is 0 Å². The first-order chi connectivity index (χ1) is 11.6. The lowest BCUT2D eigenvalue weighted by Crippen LogP contribution is -2.38. The molecule has 2 fully saturated rings. The summed E-state index contributed by atoms with van der Waals surface area (Å²) in [5.41, 5.74) is 0.126. The Labute approximate surface area is 151 Å². The molecule has 2 heterocycles. The number of rotatable bonds is 12. The van der Waals surface area contributed by atoms with Crippen molar-refractivity contribution in [2.75, 3.05) is 32.8 Å². The van der Waals surface area contributed by atoms with Gasteiger partial charge < -0.3 is 13.9 Å². The van der Waals surface area contributed by atoms with Crippen molar-refractivity contribution in [3.8, 4) is 0 Å². The molecule has 2 saturated heterocycles. The van der Waals surface area contributed by atoms with E-state index in [0.717, 1.165) is 39.1 Å². The maximum Gasteiger partial charge on any atom is 0.162 e.